The Hall–Kier alpha value is -2.88. The van der Waals surface area contributed by atoms with Crippen LogP contribution in [0, 0.1) is 0 Å². The van der Waals surface area contributed by atoms with Crippen molar-refractivity contribution in [1.82, 2.24) is 4.68 Å². The number of aromatic nitrogens is 1. The SMILES string of the molecule is NS(=O)(=O)c1cc(C(=O)Nn2c(C(=O)O)cc3ccccc32)ccc1Cl. The number of nitrogens with one attached hydrogen (secondary N) is 1. The molecule has 134 valence electrons. The maximum atomic E-state index is 12.5. The van der Waals surface area contributed by atoms with Gasteiger partial charge >= 0.3 is 5.97 Å². The lowest BCUT2D eigenvalue weighted by atomic mass is 10.2. The van der Waals surface area contributed by atoms with Crippen molar-refractivity contribution in [3.63, 3.8) is 0 Å². The summed E-state index contributed by atoms with van der Waals surface area (Å²) in [6, 6.07) is 11.7. The van der Waals surface area contributed by atoms with Gasteiger partial charge in [0.2, 0.25) is 10.0 Å². The molecule has 1 aromatic heterocycles. The molecular formula is C16H12ClN3O5S. The summed E-state index contributed by atoms with van der Waals surface area (Å²) in [7, 11) is -4.12. The third-order valence-corrected chi connectivity index (χ3v) is 5.04. The molecule has 3 rings (SSSR count). The molecule has 0 aliphatic rings. The third kappa shape index (κ3) is 3.27. The molecule has 10 heteroatoms. The number of carboxylic acids is 1. The lowest BCUT2D eigenvalue weighted by Gasteiger charge is -2.11. The van der Waals surface area contributed by atoms with Crippen molar-refractivity contribution in [2.45, 2.75) is 4.90 Å². The number of nitrogens with two attached hydrogens (primary N) is 1. The van der Waals surface area contributed by atoms with Crippen molar-refractivity contribution in [1.29, 1.82) is 0 Å². The average Bonchev–Trinajstić information content (AvgIpc) is 2.93. The molecule has 0 fully saturated rings. The van der Waals surface area contributed by atoms with Gasteiger partial charge in [-0.25, -0.2) is 23.0 Å². The molecule has 0 bridgehead atoms. The number of nitrogens with zero attached hydrogens (tertiary/aromatic N) is 1. The van der Waals surface area contributed by atoms with Gasteiger partial charge in [-0.3, -0.25) is 10.2 Å². The molecule has 0 radical (unpaired) electrons. The van der Waals surface area contributed by atoms with Crippen molar-refractivity contribution in [2.75, 3.05) is 5.43 Å². The summed E-state index contributed by atoms with van der Waals surface area (Å²) >= 11 is 5.80. The maximum Gasteiger partial charge on any atom is 0.354 e. The zero-order chi connectivity index (χ0) is 19.1. The molecule has 0 saturated heterocycles. The highest BCUT2D eigenvalue weighted by atomic mass is 35.5. The number of benzene rings is 2. The number of fused-ring (bicyclic) bond motifs is 1. The normalized spacial score (nSPS) is 11.5. The standard InChI is InChI=1S/C16H12ClN3O5S/c17-11-6-5-10(8-14(11)26(18,24)25)15(21)19-20-12-4-2-1-3-9(12)7-13(20)16(22)23/h1-8H,(H,19,21)(H,22,23)(H2,18,24,25). The van der Waals surface area contributed by atoms with Gasteiger partial charge in [0, 0.05) is 10.9 Å². The fourth-order valence-electron chi connectivity index (χ4n) is 2.46. The maximum absolute atomic E-state index is 12.5. The summed E-state index contributed by atoms with van der Waals surface area (Å²) in [6.07, 6.45) is 0. The minimum absolute atomic E-state index is 0.0486. The van der Waals surface area contributed by atoms with Crippen molar-refractivity contribution < 1.29 is 23.1 Å². The number of rotatable bonds is 4. The Morgan fingerprint density at radius 1 is 1.12 bits per heavy atom. The van der Waals surface area contributed by atoms with Gasteiger partial charge in [0.15, 0.2) is 0 Å². The van der Waals surface area contributed by atoms with Crippen LogP contribution in [-0.2, 0) is 10.0 Å². The summed E-state index contributed by atoms with van der Waals surface area (Å²) in [6.45, 7) is 0. The number of primary sulfonamides is 1. The van der Waals surface area contributed by atoms with E-state index in [2.05, 4.69) is 5.43 Å². The lowest BCUT2D eigenvalue weighted by molar-refractivity contribution is 0.0687. The molecule has 26 heavy (non-hydrogen) atoms. The molecule has 0 spiro atoms. The van der Waals surface area contributed by atoms with E-state index < -0.39 is 26.8 Å². The first kappa shape index (κ1) is 17.9. The van der Waals surface area contributed by atoms with E-state index in [4.69, 9.17) is 16.7 Å². The summed E-state index contributed by atoms with van der Waals surface area (Å²) in [5, 5.41) is 14.9. The Balaban J connectivity index is 2.05. The largest absolute Gasteiger partial charge is 0.477 e. The molecule has 0 aliphatic carbocycles. The monoisotopic (exact) mass is 393 g/mol. The fraction of sp³-hybridized carbons (Fsp3) is 0. The summed E-state index contributed by atoms with van der Waals surface area (Å²) in [5.74, 6) is -1.96. The quantitative estimate of drug-likeness (QED) is 0.624. The number of halogens is 1. The van der Waals surface area contributed by atoms with Gasteiger partial charge in [0.1, 0.15) is 10.6 Å². The highest BCUT2D eigenvalue weighted by molar-refractivity contribution is 7.89. The first-order valence-electron chi connectivity index (χ1n) is 7.16. The number of sulfonamides is 1. The number of aromatic carboxylic acids is 1. The van der Waals surface area contributed by atoms with Crippen LogP contribution in [0.1, 0.15) is 20.8 Å². The van der Waals surface area contributed by atoms with Gasteiger partial charge in [0.25, 0.3) is 5.91 Å². The van der Waals surface area contributed by atoms with E-state index in [-0.39, 0.29) is 16.3 Å². The zero-order valence-corrected chi connectivity index (χ0v) is 14.6. The van der Waals surface area contributed by atoms with Gasteiger partial charge < -0.3 is 5.11 Å². The number of carbonyl (C=O) groups is 2. The number of amides is 1. The van der Waals surface area contributed by atoms with Crippen LogP contribution >= 0.6 is 11.6 Å². The number of carboxylic acid groups (broad SMARTS) is 1. The number of hydrogen-bond acceptors (Lipinski definition) is 4. The van der Waals surface area contributed by atoms with E-state index in [1.807, 2.05) is 0 Å². The Morgan fingerprint density at radius 2 is 1.81 bits per heavy atom. The number of carbonyl (C=O) groups excluding carboxylic acids is 1. The van der Waals surface area contributed by atoms with E-state index in [1.54, 1.807) is 24.3 Å². The molecule has 0 saturated carbocycles. The second-order valence-corrected chi connectivity index (χ2v) is 7.30. The van der Waals surface area contributed by atoms with Crippen LogP contribution in [0.15, 0.2) is 53.4 Å². The molecule has 0 aliphatic heterocycles. The minimum atomic E-state index is -4.12. The molecule has 0 unspecified atom stereocenters. The smallest absolute Gasteiger partial charge is 0.354 e. The molecule has 1 heterocycles. The number of para-hydroxylation sites is 1. The van der Waals surface area contributed by atoms with E-state index in [1.165, 1.54) is 18.2 Å². The second kappa shape index (κ2) is 6.45. The summed E-state index contributed by atoms with van der Waals surface area (Å²) in [4.78, 5) is 23.6. The highest BCUT2D eigenvalue weighted by Gasteiger charge is 2.19. The molecule has 1 amide bonds. The summed E-state index contributed by atoms with van der Waals surface area (Å²) < 4.78 is 24.2. The molecule has 0 atom stereocenters. The first-order valence-corrected chi connectivity index (χ1v) is 9.08. The van der Waals surface area contributed by atoms with E-state index in [0.29, 0.717) is 10.9 Å². The lowest BCUT2D eigenvalue weighted by Crippen LogP contribution is -2.26. The van der Waals surface area contributed by atoms with E-state index >= 15 is 0 Å². The van der Waals surface area contributed by atoms with Gasteiger partial charge in [-0.15, -0.1) is 0 Å². The van der Waals surface area contributed by atoms with Crippen LogP contribution in [0.4, 0.5) is 0 Å². The molecule has 2 aromatic carbocycles. The highest BCUT2D eigenvalue weighted by Crippen LogP contribution is 2.22. The van der Waals surface area contributed by atoms with Crippen molar-refractivity contribution in [3.8, 4) is 0 Å². The predicted molar refractivity (Wildman–Crippen MR) is 95.4 cm³/mol. The van der Waals surface area contributed by atoms with Crippen molar-refractivity contribution in [2.24, 2.45) is 5.14 Å². The molecule has 8 nitrogen and oxygen atoms in total. The Labute approximate surface area is 152 Å². The van der Waals surface area contributed by atoms with Crippen LogP contribution in [-0.4, -0.2) is 30.1 Å². The van der Waals surface area contributed by atoms with Crippen molar-refractivity contribution in [3.05, 3.63) is 64.8 Å². The molecule has 4 N–H and O–H groups in total. The zero-order valence-electron chi connectivity index (χ0n) is 13.0. The van der Waals surface area contributed by atoms with E-state index in [9.17, 15) is 23.1 Å². The van der Waals surface area contributed by atoms with Gasteiger partial charge in [-0.1, -0.05) is 29.8 Å². The van der Waals surface area contributed by atoms with Crippen LogP contribution in [0.2, 0.25) is 5.02 Å². The Morgan fingerprint density at radius 3 is 2.46 bits per heavy atom. The second-order valence-electron chi connectivity index (χ2n) is 5.36. The van der Waals surface area contributed by atoms with E-state index in [0.717, 1.165) is 10.7 Å². The third-order valence-electron chi connectivity index (χ3n) is 3.64. The van der Waals surface area contributed by atoms with Gasteiger partial charge in [0.05, 0.1) is 10.5 Å². The molecular weight excluding hydrogens is 382 g/mol. The van der Waals surface area contributed by atoms with Crippen LogP contribution in [0.5, 0.6) is 0 Å². The Bertz CT molecular complexity index is 1150. The van der Waals surface area contributed by atoms with Crippen LogP contribution in [0.25, 0.3) is 10.9 Å². The topological polar surface area (TPSA) is 131 Å². The predicted octanol–water partition coefficient (Wildman–Crippen LogP) is 2.02. The van der Waals surface area contributed by atoms with Crippen molar-refractivity contribution >= 4 is 44.4 Å². The molecule has 3 aromatic rings. The first-order chi connectivity index (χ1) is 12.2. The van der Waals surface area contributed by atoms with Gasteiger partial charge in [-0.2, -0.15) is 0 Å². The minimum Gasteiger partial charge on any atom is -0.477 e. The summed E-state index contributed by atoms with van der Waals surface area (Å²) in [5.41, 5.74) is 2.72. The Kier molecular flexibility index (Phi) is 4.45. The van der Waals surface area contributed by atoms with Crippen LogP contribution < -0.4 is 10.6 Å². The van der Waals surface area contributed by atoms with Gasteiger partial charge in [-0.05, 0) is 30.3 Å². The van der Waals surface area contributed by atoms with Crippen LogP contribution in [0.3, 0.4) is 0 Å². The fourth-order valence-corrected chi connectivity index (χ4v) is 3.53. The average molecular weight is 394 g/mol. The number of hydrogen-bond donors (Lipinski definition) is 3.